The van der Waals surface area contributed by atoms with Crippen LogP contribution in [0.2, 0.25) is 0 Å². The molecular formula is C15H20N2O2. The molecule has 0 bridgehead atoms. The Bertz CT molecular complexity index is 471. The quantitative estimate of drug-likeness (QED) is 0.851. The number of hydrogen-bond acceptors (Lipinski definition) is 2. The molecule has 0 unspecified atom stereocenters. The summed E-state index contributed by atoms with van der Waals surface area (Å²) in [7, 11) is 0. The molecule has 4 heteroatoms. The first-order valence-electron chi connectivity index (χ1n) is 6.86. The van der Waals surface area contributed by atoms with Crippen molar-refractivity contribution < 1.29 is 9.59 Å². The zero-order chi connectivity index (χ0) is 13.7. The van der Waals surface area contributed by atoms with Gasteiger partial charge in [-0.2, -0.15) is 0 Å². The van der Waals surface area contributed by atoms with E-state index in [-0.39, 0.29) is 17.7 Å². The normalized spacial score (nSPS) is 17.5. The molecular weight excluding hydrogens is 240 g/mol. The van der Waals surface area contributed by atoms with Crippen LogP contribution < -0.4 is 10.6 Å². The Morgan fingerprint density at radius 3 is 3.00 bits per heavy atom. The zero-order valence-electron chi connectivity index (χ0n) is 11.2. The summed E-state index contributed by atoms with van der Waals surface area (Å²) in [5.74, 6) is -0.0298. The minimum atomic E-state index is -0.0951. The smallest absolute Gasteiger partial charge is 0.227 e. The van der Waals surface area contributed by atoms with Gasteiger partial charge >= 0.3 is 0 Å². The van der Waals surface area contributed by atoms with Gasteiger partial charge in [-0.05, 0) is 30.9 Å². The van der Waals surface area contributed by atoms with E-state index in [4.69, 9.17) is 0 Å². The summed E-state index contributed by atoms with van der Waals surface area (Å²) >= 11 is 0. The van der Waals surface area contributed by atoms with E-state index in [1.165, 1.54) is 0 Å². The van der Waals surface area contributed by atoms with Gasteiger partial charge in [-0.1, -0.05) is 25.1 Å². The van der Waals surface area contributed by atoms with E-state index >= 15 is 0 Å². The van der Waals surface area contributed by atoms with Crippen LogP contribution in [0.4, 0.5) is 5.69 Å². The molecule has 0 aromatic heterocycles. The fraction of sp³-hybridized carbons (Fsp3) is 0.467. The average molecular weight is 260 g/mol. The van der Waals surface area contributed by atoms with Crippen molar-refractivity contribution in [3.05, 3.63) is 29.8 Å². The maximum Gasteiger partial charge on any atom is 0.227 e. The zero-order valence-corrected chi connectivity index (χ0v) is 11.2. The first-order valence-corrected chi connectivity index (χ1v) is 6.86. The van der Waals surface area contributed by atoms with Gasteiger partial charge in [0.15, 0.2) is 0 Å². The number of hydrogen-bond donors (Lipinski definition) is 2. The molecule has 0 fully saturated rings. The largest absolute Gasteiger partial charge is 0.356 e. The molecule has 19 heavy (non-hydrogen) atoms. The van der Waals surface area contributed by atoms with Gasteiger partial charge in [0.2, 0.25) is 11.8 Å². The lowest BCUT2D eigenvalue weighted by Crippen LogP contribution is -2.31. The molecule has 102 valence electrons. The predicted molar refractivity (Wildman–Crippen MR) is 74.8 cm³/mol. The van der Waals surface area contributed by atoms with Crippen LogP contribution in [0.25, 0.3) is 0 Å². The highest BCUT2D eigenvalue weighted by molar-refractivity contribution is 5.96. The van der Waals surface area contributed by atoms with E-state index in [0.717, 1.165) is 24.1 Å². The highest BCUT2D eigenvalue weighted by atomic mass is 16.2. The van der Waals surface area contributed by atoms with E-state index in [9.17, 15) is 9.59 Å². The summed E-state index contributed by atoms with van der Waals surface area (Å²) in [6.07, 6.45) is 2.68. The summed E-state index contributed by atoms with van der Waals surface area (Å²) in [6, 6.07) is 7.83. The highest BCUT2D eigenvalue weighted by Gasteiger charge is 2.25. The van der Waals surface area contributed by atoms with Gasteiger partial charge in [0.25, 0.3) is 0 Å². The monoisotopic (exact) mass is 260 g/mol. The third-order valence-electron chi connectivity index (χ3n) is 3.40. The van der Waals surface area contributed by atoms with E-state index < -0.39 is 0 Å². The Hall–Kier alpha value is -1.84. The molecule has 0 saturated heterocycles. The fourth-order valence-corrected chi connectivity index (χ4v) is 2.30. The molecule has 1 atom stereocenters. The first kappa shape index (κ1) is 13.6. The summed E-state index contributed by atoms with van der Waals surface area (Å²) < 4.78 is 0. The summed E-state index contributed by atoms with van der Waals surface area (Å²) in [4.78, 5) is 23.5. The standard InChI is InChI=1S/C15H20N2O2/c1-2-9-16-14(18)8-7-12-10-11-5-3-4-6-13(11)17-15(12)19/h3-6,12H,2,7-10H2,1H3,(H,16,18)(H,17,19)/t12-/m1/s1. The number of carbonyl (C=O) groups excluding carboxylic acids is 2. The Morgan fingerprint density at radius 1 is 1.42 bits per heavy atom. The molecule has 0 saturated carbocycles. The number of amides is 2. The second kappa shape index (κ2) is 6.36. The maximum absolute atomic E-state index is 11.9. The number of benzene rings is 1. The maximum atomic E-state index is 11.9. The molecule has 2 amide bonds. The van der Waals surface area contributed by atoms with Crippen molar-refractivity contribution in [2.45, 2.75) is 32.6 Å². The van der Waals surface area contributed by atoms with Gasteiger partial charge in [-0.15, -0.1) is 0 Å². The number of fused-ring (bicyclic) bond motifs is 1. The van der Waals surface area contributed by atoms with Crippen LogP contribution in [-0.4, -0.2) is 18.4 Å². The van der Waals surface area contributed by atoms with Crippen molar-refractivity contribution >= 4 is 17.5 Å². The third kappa shape index (κ3) is 3.56. The van der Waals surface area contributed by atoms with Gasteiger partial charge in [0, 0.05) is 24.6 Å². The summed E-state index contributed by atoms with van der Waals surface area (Å²) in [5.41, 5.74) is 2.06. The van der Waals surface area contributed by atoms with Crippen LogP contribution in [0.5, 0.6) is 0 Å². The van der Waals surface area contributed by atoms with Crippen LogP contribution in [0.1, 0.15) is 31.7 Å². The van der Waals surface area contributed by atoms with Crippen molar-refractivity contribution in [1.82, 2.24) is 5.32 Å². The fourth-order valence-electron chi connectivity index (χ4n) is 2.30. The van der Waals surface area contributed by atoms with Crippen molar-refractivity contribution in [3.8, 4) is 0 Å². The third-order valence-corrected chi connectivity index (χ3v) is 3.40. The molecule has 1 heterocycles. The lowest BCUT2D eigenvalue weighted by molar-refractivity contribution is -0.122. The van der Waals surface area contributed by atoms with E-state index in [1.54, 1.807) is 0 Å². The van der Waals surface area contributed by atoms with Crippen molar-refractivity contribution in [3.63, 3.8) is 0 Å². The molecule has 0 radical (unpaired) electrons. The van der Waals surface area contributed by atoms with Gasteiger partial charge in [0.05, 0.1) is 0 Å². The lowest BCUT2D eigenvalue weighted by Gasteiger charge is -2.24. The van der Waals surface area contributed by atoms with E-state index in [0.29, 0.717) is 19.4 Å². The molecule has 1 aliphatic rings. The molecule has 2 N–H and O–H groups in total. The van der Waals surface area contributed by atoms with Crippen LogP contribution in [0.15, 0.2) is 24.3 Å². The minimum Gasteiger partial charge on any atom is -0.356 e. The Labute approximate surface area is 113 Å². The number of rotatable bonds is 5. The number of anilines is 1. The second-order valence-corrected chi connectivity index (χ2v) is 4.94. The molecule has 0 aliphatic carbocycles. The molecule has 4 nitrogen and oxygen atoms in total. The SMILES string of the molecule is CCCNC(=O)CC[C@@H]1Cc2ccccc2NC1=O. The molecule has 1 aromatic carbocycles. The number of para-hydroxylation sites is 1. The Morgan fingerprint density at radius 2 is 2.21 bits per heavy atom. The highest BCUT2D eigenvalue weighted by Crippen LogP contribution is 2.27. The van der Waals surface area contributed by atoms with Crippen LogP contribution in [0, 0.1) is 5.92 Å². The van der Waals surface area contributed by atoms with Gasteiger partial charge in [0.1, 0.15) is 0 Å². The molecule has 1 aromatic rings. The molecule has 0 spiro atoms. The van der Waals surface area contributed by atoms with Crippen LogP contribution in [0.3, 0.4) is 0 Å². The predicted octanol–water partition coefficient (Wildman–Crippen LogP) is 2.10. The first-order chi connectivity index (χ1) is 9.20. The summed E-state index contributed by atoms with van der Waals surface area (Å²) in [5, 5.41) is 5.74. The number of carbonyl (C=O) groups is 2. The Balaban J connectivity index is 1.89. The number of nitrogens with one attached hydrogen (secondary N) is 2. The van der Waals surface area contributed by atoms with Crippen molar-refractivity contribution in [1.29, 1.82) is 0 Å². The van der Waals surface area contributed by atoms with Crippen LogP contribution in [-0.2, 0) is 16.0 Å². The summed E-state index contributed by atoms with van der Waals surface area (Å²) in [6.45, 7) is 2.73. The topological polar surface area (TPSA) is 58.2 Å². The second-order valence-electron chi connectivity index (χ2n) is 4.94. The van der Waals surface area contributed by atoms with Crippen molar-refractivity contribution in [2.75, 3.05) is 11.9 Å². The van der Waals surface area contributed by atoms with Gasteiger partial charge < -0.3 is 10.6 Å². The molecule has 2 rings (SSSR count). The van der Waals surface area contributed by atoms with Crippen molar-refractivity contribution in [2.24, 2.45) is 5.92 Å². The Kier molecular flexibility index (Phi) is 4.55. The van der Waals surface area contributed by atoms with Crippen LogP contribution >= 0.6 is 0 Å². The lowest BCUT2D eigenvalue weighted by atomic mass is 9.89. The van der Waals surface area contributed by atoms with E-state index in [2.05, 4.69) is 10.6 Å². The van der Waals surface area contributed by atoms with Gasteiger partial charge in [-0.25, -0.2) is 0 Å². The van der Waals surface area contributed by atoms with Gasteiger partial charge in [-0.3, -0.25) is 9.59 Å². The minimum absolute atomic E-state index is 0.0296. The molecule has 1 aliphatic heterocycles. The van der Waals surface area contributed by atoms with E-state index in [1.807, 2.05) is 31.2 Å². The average Bonchev–Trinajstić information content (AvgIpc) is 2.42.